The molecule has 208 valence electrons. The molecule has 2 heterocycles. The zero-order valence-electron chi connectivity index (χ0n) is 21.7. The number of para-hydroxylation sites is 1. The van der Waals surface area contributed by atoms with Crippen molar-refractivity contribution in [2.24, 2.45) is 0 Å². The number of benzene rings is 3. The number of ether oxygens (including phenoxy) is 1. The number of amides is 1. The fourth-order valence-electron chi connectivity index (χ4n) is 5.32. The first-order chi connectivity index (χ1) is 18.1. The molecule has 2 aliphatic heterocycles. The minimum Gasteiger partial charge on any atom is -0.480 e. The third-order valence-corrected chi connectivity index (χ3v) is 7.36. The van der Waals surface area contributed by atoms with E-state index in [2.05, 4.69) is 21.9 Å². The fourth-order valence-corrected chi connectivity index (χ4v) is 5.32. The molecule has 2 fully saturated rings. The second kappa shape index (κ2) is 14.3. The van der Waals surface area contributed by atoms with E-state index in [1.165, 1.54) is 10.5 Å². The number of carbonyl (C=O) groups is 2. The molecule has 9 heteroatoms. The summed E-state index contributed by atoms with van der Waals surface area (Å²) in [5.41, 5.74) is 1.79. The Balaban J connectivity index is 0.00000210. The highest BCUT2D eigenvalue weighted by Gasteiger charge is 2.38. The Labute approximate surface area is 242 Å². The van der Waals surface area contributed by atoms with Gasteiger partial charge in [-0.05, 0) is 67.9 Å². The molecule has 0 aromatic heterocycles. The highest BCUT2D eigenvalue weighted by Crippen LogP contribution is 2.25. The maximum atomic E-state index is 13.0. The highest BCUT2D eigenvalue weighted by atomic mass is 35.5. The average molecular weight is 573 g/mol. The van der Waals surface area contributed by atoms with Crippen LogP contribution < -0.4 is 4.74 Å². The number of aliphatic carboxylic acids is 1. The summed E-state index contributed by atoms with van der Waals surface area (Å²) in [6.07, 6.45) is 1.99. The van der Waals surface area contributed by atoms with Gasteiger partial charge in [-0.25, -0.2) is 4.79 Å². The van der Waals surface area contributed by atoms with Gasteiger partial charge >= 0.3 is 5.97 Å². The van der Waals surface area contributed by atoms with Gasteiger partial charge in [0.15, 0.2) is 0 Å². The van der Waals surface area contributed by atoms with Gasteiger partial charge in [0, 0.05) is 37.8 Å². The van der Waals surface area contributed by atoms with E-state index < -0.39 is 12.0 Å². The molecule has 1 amide bonds. The minimum absolute atomic E-state index is 0. The van der Waals surface area contributed by atoms with E-state index in [9.17, 15) is 14.7 Å². The van der Waals surface area contributed by atoms with Crippen molar-refractivity contribution in [2.45, 2.75) is 31.5 Å². The Morgan fingerprint density at radius 3 is 1.97 bits per heavy atom. The van der Waals surface area contributed by atoms with Gasteiger partial charge in [0.25, 0.3) is 5.91 Å². The molecule has 1 N–H and O–H groups in total. The van der Waals surface area contributed by atoms with E-state index in [0.717, 1.165) is 44.0 Å². The van der Waals surface area contributed by atoms with E-state index in [1.54, 1.807) is 24.3 Å². The molecule has 0 spiro atoms. The lowest BCUT2D eigenvalue weighted by atomic mass is 9.99. The number of piperazine rings is 1. The number of piperidine rings is 1. The van der Waals surface area contributed by atoms with Crippen LogP contribution in [-0.4, -0.2) is 76.5 Å². The number of carbonyl (C=O) groups excluding carboxylic acids is 1. The molecule has 0 aliphatic carbocycles. The van der Waals surface area contributed by atoms with Gasteiger partial charge in [0.2, 0.25) is 0 Å². The number of halogens is 2. The molecule has 0 radical (unpaired) electrons. The molecule has 3 aromatic carbocycles. The second-order valence-electron chi connectivity index (χ2n) is 9.78. The summed E-state index contributed by atoms with van der Waals surface area (Å²) in [5.74, 6) is 0.507. The van der Waals surface area contributed by atoms with Crippen LogP contribution in [0.15, 0.2) is 84.9 Å². The van der Waals surface area contributed by atoms with Crippen molar-refractivity contribution >= 4 is 36.7 Å². The molecule has 5 rings (SSSR count). The zero-order valence-corrected chi connectivity index (χ0v) is 23.4. The molecule has 3 aromatic rings. The summed E-state index contributed by atoms with van der Waals surface area (Å²) in [6, 6.07) is 26.5. The summed E-state index contributed by atoms with van der Waals surface area (Å²) in [6.45, 7) is 4.33. The molecule has 7 nitrogen and oxygen atoms in total. The quantitative estimate of drug-likeness (QED) is 0.420. The van der Waals surface area contributed by atoms with Crippen molar-refractivity contribution in [1.29, 1.82) is 0 Å². The minimum atomic E-state index is -0.939. The summed E-state index contributed by atoms with van der Waals surface area (Å²) < 4.78 is 5.89. The van der Waals surface area contributed by atoms with Crippen LogP contribution in [0.3, 0.4) is 0 Å². The molecule has 1 unspecified atom stereocenters. The topological polar surface area (TPSA) is 73.3 Å². The number of hydrogen-bond donors (Lipinski definition) is 1. The van der Waals surface area contributed by atoms with Gasteiger partial charge in [0.05, 0.1) is 0 Å². The van der Waals surface area contributed by atoms with Gasteiger partial charge < -0.3 is 14.7 Å². The molecule has 0 saturated carbocycles. The van der Waals surface area contributed by atoms with Crippen LogP contribution in [0.25, 0.3) is 0 Å². The molecule has 2 saturated heterocycles. The molecule has 0 bridgehead atoms. The first-order valence-electron chi connectivity index (χ1n) is 12.9. The van der Waals surface area contributed by atoms with Gasteiger partial charge in [-0.2, -0.15) is 0 Å². The number of hydrogen-bond acceptors (Lipinski definition) is 5. The summed E-state index contributed by atoms with van der Waals surface area (Å²) in [7, 11) is 0. The van der Waals surface area contributed by atoms with Crippen LogP contribution in [0.2, 0.25) is 0 Å². The Morgan fingerprint density at radius 1 is 0.769 bits per heavy atom. The fraction of sp³-hybridized carbons (Fsp3) is 0.333. The maximum absolute atomic E-state index is 13.0. The van der Waals surface area contributed by atoms with Crippen LogP contribution in [0.5, 0.6) is 11.5 Å². The lowest BCUT2D eigenvalue weighted by Crippen LogP contribution is -2.61. The predicted octanol–water partition coefficient (Wildman–Crippen LogP) is 5.20. The number of rotatable bonds is 7. The van der Waals surface area contributed by atoms with Gasteiger partial charge in [-0.1, -0.05) is 48.5 Å². The largest absolute Gasteiger partial charge is 0.480 e. The smallest absolute Gasteiger partial charge is 0.327 e. The first-order valence-corrected chi connectivity index (χ1v) is 12.9. The maximum Gasteiger partial charge on any atom is 0.327 e. The molecule has 39 heavy (non-hydrogen) atoms. The van der Waals surface area contributed by atoms with Crippen LogP contribution in [-0.2, 0) is 11.3 Å². The normalized spacial score (nSPS) is 18.5. The number of nitrogens with zero attached hydrogens (tertiary/aromatic N) is 3. The van der Waals surface area contributed by atoms with E-state index in [1.807, 2.05) is 48.5 Å². The highest BCUT2D eigenvalue weighted by molar-refractivity contribution is 5.96. The SMILES string of the molecule is Cl.Cl.O=C(O)C1CN(C2CCN(Cc3ccc(Oc4ccccc4)cc3)CC2)CCN1C(=O)c1ccccc1. The van der Waals surface area contributed by atoms with Crippen molar-refractivity contribution in [3.63, 3.8) is 0 Å². The van der Waals surface area contributed by atoms with Crippen molar-refractivity contribution in [3.05, 3.63) is 96.1 Å². The van der Waals surface area contributed by atoms with Crippen LogP contribution >= 0.6 is 24.8 Å². The standard InChI is InChI=1S/C30H33N3O4.2ClH/c34-29(24-7-3-1-4-8-24)33-20-19-32(22-28(33)30(35)36)25-15-17-31(18-16-25)21-23-11-13-27(14-12-23)37-26-9-5-2-6-10-26;;/h1-14,25,28H,15-22H2,(H,35,36);2*1H. The summed E-state index contributed by atoms with van der Waals surface area (Å²) in [5, 5.41) is 9.89. The van der Waals surface area contributed by atoms with E-state index in [4.69, 9.17) is 4.74 Å². The van der Waals surface area contributed by atoms with E-state index >= 15 is 0 Å². The van der Waals surface area contributed by atoms with Crippen molar-refractivity contribution in [3.8, 4) is 11.5 Å². The molecular weight excluding hydrogens is 537 g/mol. The molecule has 1 atom stereocenters. The third-order valence-electron chi connectivity index (χ3n) is 7.36. The van der Waals surface area contributed by atoms with Crippen LogP contribution in [0, 0.1) is 0 Å². The van der Waals surface area contributed by atoms with E-state index in [0.29, 0.717) is 31.2 Å². The lowest BCUT2D eigenvalue weighted by Gasteiger charge is -2.45. The lowest BCUT2D eigenvalue weighted by molar-refractivity contribution is -0.145. The summed E-state index contributed by atoms with van der Waals surface area (Å²) in [4.78, 5) is 31.3. The average Bonchev–Trinajstić information content (AvgIpc) is 2.95. The second-order valence-corrected chi connectivity index (χ2v) is 9.78. The van der Waals surface area contributed by atoms with Crippen molar-refractivity contribution < 1.29 is 19.4 Å². The monoisotopic (exact) mass is 571 g/mol. The van der Waals surface area contributed by atoms with Gasteiger partial charge in [-0.15, -0.1) is 24.8 Å². The van der Waals surface area contributed by atoms with Gasteiger partial charge in [0.1, 0.15) is 17.5 Å². The zero-order chi connectivity index (χ0) is 25.6. The Morgan fingerprint density at radius 2 is 1.36 bits per heavy atom. The Bertz CT molecular complexity index is 1190. The number of carboxylic acid groups (broad SMARTS) is 1. The van der Waals surface area contributed by atoms with Crippen LogP contribution in [0.1, 0.15) is 28.8 Å². The Kier molecular flexibility index (Phi) is 11.2. The molecule has 2 aliphatic rings. The number of likely N-dealkylation sites (tertiary alicyclic amines) is 1. The van der Waals surface area contributed by atoms with E-state index in [-0.39, 0.29) is 30.7 Å². The number of carboxylic acids is 1. The van der Waals surface area contributed by atoms with Crippen molar-refractivity contribution in [2.75, 3.05) is 32.7 Å². The first kappa shape index (κ1) is 30.4. The molecular formula is C30H35Cl2N3O4. The van der Waals surface area contributed by atoms with Gasteiger partial charge in [-0.3, -0.25) is 14.6 Å². The predicted molar refractivity (Wildman–Crippen MR) is 156 cm³/mol. The Hall–Kier alpha value is -3.10. The van der Waals surface area contributed by atoms with Crippen LogP contribution in [0.4, 0.5) is 0 Å². The third kappa shape index (κ3) is 7.73. The van der Waals surface area contributed by atoms with Crippen molar-refractivity contribution in [1.82, 2.24) is 14.7 Å². The summed E-state index contributed by atoms with van der Waals surface area (Å²) >= 11 is 0.